The van der Waals surface area contributed by atoms with E-state index in [1.54, 1.807) is 28.5 Å². The van der Waals surface area contributed by atoms with Crippen molar-refractivity contribution in [3.63, 3.8) is 0 Å². The van der Waals surface area contributed by atoms with Crippen LogP contribution in [0, 0.1) is 5.82 Å². The van der Waals surface area contributed by atoms with E-state index in [4.69, 9.17) is 5.73 Å². The van der Waals surface area contributed by atoms with Crippen LogP contribution in [0.4, 0.5) is 14.9 Å². The maximum Gasteiger partial charge on any atom is 0.322 e. The summed E-state index contributed by atoms with van der Waals surface area (Å²) in [6, 6.07) is 7.65. The van der Waals surface area contributed by atoms with Gasteiger partial charge in [-0.1, -0.05) is 12.1 Å². The van der Waals surface area contributed by atoms with Crippen LogP contribution in [0.5, 0.6) is 0 Å². The summed E-state index contributed by atoms with van der Waals surface area (Å²) in [5, 5.41) is 4.47. The van der Waals surface area contributed by atoms with E-state index >= 15 is 0 Å². The zero-order chi connectivity index (χ0) is 16.4. The van der Waals surface area contributed by atoms with Crippen LogP contribution in [0.1, 0.15) is 28.1 Å². The molecule has 7 heteroatoms. The first kappa shape index (κ1) is 15.5. The van der Waals surface area contributed by atoms with Gasteiger partial charge in [-0.15, -0.1) is 11.3 Å². The highest BCUT2D eigenvalue weighted by atomic mass is 32.1. The molecule has 23 heavy (non-hydrogen) atoms. The Bertz CT molecular complexity index is 725. The van der Waals surface area contributed by atoms with E-state index in [0.29, 0.717) is 17.1 Å². The molecule has 2 aromatic rings. The molecule has 0 saturated heterocycles. The molecule has 0 spiro atoms. The average molecular weight is 333 g/mol. The molecule has 3 amide bonds. The van der Waals surface area contributed by atoms with Crippen molar-refractivity contribution in [2.75, 3.05) is 5.32 Å². The van der Waals surface area contributed by atoms with Crippen molar-refractivity contribution in [2.45, 2.75) is 25.4 Å². The molecule has 1 aromatic heterocycles. The van der Waals surface area contributed by atoms with E-state index in [0.717, 1.165) is 18.4 Å². The molecule has 5 nitrogen and oxygen atoms in total. The van der Waals surface area contributed by atoms with Crippen LogP contribution < -0.4 is 11.1 Å². The number of halogens is 1. The Hall–Kier alpha value is -2.41. The predicted molar refractivity (Wildman–Crippen MR) is 86.8 cm³/mol. The summed E-state index contributed by atoms with van der Waals surface area (Å²) in [5.74, 6) is -0.811. The Labute approximate surface area is 136 Å². The second kappa shape index (κ2) is 6.37. The van der Waals surface area contributed by atoms with Gasteiger partial charge >= 0.3 is 6.03 Å². The summed E-state index contributed by atoms with van der Waals surface area (Å²) in [7, 11) is 0. The number of urea groups is 1. The zero-order valence-electron chi connectivity index (χ0n) is 12.3. The van der Waals surface area contributed by atoms with E-state index in [2.05, 4.69) is 5.32 Å². The van der Waals surface area contributed by atoms with Crippen molar-refractivity contribution in [3.05, 3.63) is 52.0 Å². The average Bonchev–Trinajstić information content (AvgIpc) is 3.25. The lowest BCUT2D eigenvalue weighted by Crippen LogP contribution is -2.36. The third-order valence-corrected chi connectivity index (χ3v) is 4.55. The quantitative estimate of drug-likeness (QED) is 0.882. The normalized spacial score (nSPS) is 13.6. The lowest BCUT2D eigenvalue weighted by Gasteiger charge is -2.22. The summed E-state index contributed by atoms with van der Waals surface area (Å²) >= 11 is 1.19. The van der Waals surface area contributed by atoms with Crippen LogP contribution in [-0.2, 0) is 6.54 Å². The molecule has 1 aliphatic rings. The van der Waals surface area contributed by atoms with Crippen molar-refractivity contribution in [3.8, 4) is 0 Å². The Kier molecular flexibility index (Phi) is 4.29. The van der Waals surface area contributed by atoms with Gasteiger partial charge in [0.25, 0.3) is 5.91 Å². The first-order chi connectivity index (χ1) is 11.0. The number of primary amides is 1. The number of nitrogens with zero attached hydrogens (tertiary/aromatic N) is 1. The number of benzene rings is 1. The number of carbonyl (C=O) groups is 2. The van der Waals surface area contributed by atoms with Crippen LogP contribution in [-0.4, -0.2) is 22.9 Å². The molecule has 0 radical (unpaired) electrons. The Morgan fingerprint density at radius 3 is 2.57 bits per heavy atom. The minimum Gasteiger partial charge on any atom is -0.365 e. The number of rotatable bonds is 5. The summed E-state index contributed by atoms with van der Waals surface area (Å²) < 4.78 is 13.0. The number of hydrogen-bond acceptors (Lipinski definition) is 3. The van der Waals surface area contributed by atoms with Crippen molar-refractivity contribution in [2.24, 2.45) is 5.73 Å². The largest absolute Gasteiger partial charge is 0.365 e. The second-order valence-corrected chi connectivity index (χ2v) is 6.39. The van der Waals surface area contributed by atoms with Crippen molar-refractivity contribution < 1.29 is 14.0 Å². The van der Waals surface area contributed by atoms with Crippen LogP contribution >= 0.6 is 11.3 Å². The number of amides is 3. The topological polar surface area (TPSA) is 75.4 Å². The van der Waals surface area contributed by atoms with E-state index in [1.807, 2.05) is 0 Å². The molecule has 0 bridgehead atoms. The number of hydrogen-bond donors (Lipinski definition) is 2. The standard InChI is InChI=1S/C16H16FN3O2S/c17-11-3-1-10(2-4-11)8-20(13-5-6-13)16(22)19-12-7-14(15(18)21)23-9-12/h1-4,7,9,13H,5-6,8H2,(H2,18,21)(H,19,22). The second-order valence-electron chi connectivity index (χ2n) is 5.48. The molecule has 3 N–H and O–H groups in total. The minimum absolute atomic E-state index is 0.203. The third-order valence-electron chi connectivity index (χ3n) is 3.61. The van der Waals surface area contributed by atoms with Gasteiger partial charge in [0.05, 0.1) is 10.6 Å². The monoisotopic (exact) mass is 333 g/mol. The van der Waals surface area contributed by atoms with E-state index in [-0.39, 0.29) is 17.9 Å². The van der Waals surface area contributed by atoms with E-state index < -0.39 is 5.91 Å². The molecular formula is C16H16FN3O2S. The van der Waals surface area contributed by atoms with Gasteiger partial charge in [-0.05, 0) is 36.6 Å². The smallest absolute Gasteiger partial charge is 0.322 e. The molecule has 1 aliphatic carbocycles. The van der Waals surface area contributed by atoms with Gasteiger partial charge in [-0.25, -0.2) is 9.18 Å². The summed E-state index contributed by atoms with van der Waals surface area (Å²) in [5.41, 5.74) is 6.63. The predicted octanol–water partition coefficient (Wildman–Crippen LogP) is 3.18. The lowest BCUT2D eigenvalue weighted by molar-refractivity contribution is 0.100. The number of nitrogens with two attached hydrogens (primary N) is 1. The van der Waals surface area contributed by atoms with Gasteiger partial charge in [0.1, 0.15) is 5.82 Å². The minimum atomic E-state index is -0.513. The fourth-order valence-corrected chi connectivity index (χ4v) is 2.96. The SMILES string of the molecule is NC(=O)c1cc(NC(=O)N(Cc2ccc(F)cc2)C2CC2)cs1. The van der Waals surface area contributed by atoms with E-state index in [1.165, 1.54) is 23.5 Å². The van der Waals surface area contributed by atoms with Crippen molar-refractivity contribution in [1.82, 2.24) is 4.90 Å². The number of nitrogens with one attached hydrogen (secondary N) is 1. The number of anilines is 1. The maximum absolute atomic E-state index is 13.0. The van der Waals surface area contributed by atoms with Gasteiger partial charge in [0.2, 0.25) is 0 Å². The third kappa shape index (κ3) is 3.87. The zero-order valence-corrected chi connectivity index (χ0v) is 13.1. The van der Waals surface area contributed by atoms with Crippen molar-refractivity contribution in [1.29, 1.82) is 0 Å². The highest BCUT2D eigenvalue weighted by Gasteiger charge is 2.32. The molecule has 0 atom stereocenters. The fraction of sp³-hybridized carbons (Fsp3) is 0.250. The summed E-state index contributed by atoms with van der Waals surface area (Å²) in [6.45, 7) is 0.420. The highest BCUT2D eigenvalue weighted by Crippen LogP contribution is 2.29. The summed E-state index contributed by atoms with van der Waals surface area (Å²) in [6.07, 6.45) is 1.93. The van der Waals surface area contributed by atoms with Gasteiger partial charge in [-0.2, -0.15) is 0 Å². The number of thiophene rings is 1. The van der Waals surface area contributed by atoms with Gasteiger partial charge in [-0.3, -0.25) is 4.79 Å². The first-order valence-corrected chi connectivity index (χ1v) is 8.11. The van der Waals surface area contributed by atoms with E-state index in [9.17, 15) is 14.0 Å². The van der Waals surface area contributed by atoms with Crippen LogP contribution in [0.15, 0.2) is 35.7 Å². The lowest BCUT2D eigenvalue weighted by atomic mass is 10.2. The first-order valence-electron chi connectivity index (χ1n) is 7.23. The molecule has 1 fully saturated rings. The highest BCUT2D eigenvalue weighted by molar-refractivity contribution is 7.12. The fourth-order valence-electron chi connectivity index (χ4n) is 2.27. The Balaban J connectivity index is 1.68. The summed E-state index contributed by atoms with van der Waals surface area (Å²) in [4.78, 5) is 25.7. The molecule has 1 aromatic carbocycles. The van der Waals surface area contributed by atoms with Crippen LogP contribution in [0.2, 0.25) is 0 Å². The molecule has 120 valence electrons. The molecule has 1 saturated carbocycles. The molecular weight excluding hydrogens is 317 g/mol. The number of carbonyl (C=O) groups excluding carboxylic acids is 2. The van der Waals surface area contributed by atoms with Crippen LogP contribution in [0.25, 0.3) is 0 Å². The maximum atomic E-state index is 13.0. The van der Waals surface area contributed by atoms with Crippen molar-refractivity contribution >= 4 is 29.0 Å². The molecule has 3 rings (SSSR count). The Morgan fingerprint density at radius 2 is 2.00 bits per heavy atom. The Morgan fingerprint density at radius 1 is 1.30 bits per heavy atom. The molecule has 1 heterocycles. The van der Waals surface area contributed by atoms with Gasteiger partial charge in [0.15, 0.2) is 0 Å². The van der Waals surface area contributed by atoms with Gasteiger partial charge < -0.3 is 16.0 Å². The molecule has 0 unspecified atom stereocenters. The molecule has 0 aliphatic heterocycles. The van der Waals surface area contributed by atoms with Crippen LogP contribution in [0.3, 0.4) is 0 Å². The van der Waals surface area contributed by atoms with Gasteiger partial charge in [0, 0.05) is 18.0 Å².